The molecule has 1 amide bonds. The Morgan fingerprint density at radius 1 is 1.75 bits per heavy atom. The molecule has 4 N–H and O–H groups in total. The Morgan fingerprint density at radius 2 is 2.25 bits per heavy atom. The highest BCUT2D eigenvalue weighted by molar-refractivity contribution is 5.79. The Morgan fingerprint density at radius 3 is 2.38 bits per heavy atom. The number of carbonyl (C=O) groups is 1. The maximum atomic E-state index is 10.2. The Kier molecular flexibility index (Phi) is 3.19. The van der Waals surface area contributed by atoms with Crippen LogP contribution < -0.4 is 11.5 Å². The zero-order valence-electron chi connectivity index (χ0n) is 5.05. The van der Waals surface area contributed by atoms with Crippen LogP contribution in [0.1, 0.15) is 19.8 Å². The summed E-state index contributed by atoms with van der Waals surface area (Å²) in [5.41, 5.74) is 10.1. The first-order valence-electron chi connectivity index (χ1n) is 2.73. The van der Waals surface area contributed by atoms with Crippen LogP contribution in [0.4, 0.5) is 0 Å². The number of rotatable bonds is 3. The molecule has 0 fully saturated rings. The Bertz CT molecular complexity index is 82.5. The molecule has 0 unspecified atom stereocenters. The molecule has 48 valence electrons. The van der Waals surface area contributed by atoms with Crippen molar-refractivity contribution in [3.63, 3.8) is 0 Å². The van der Waals surface area contributed by atoms with Gasteiger partial charge in [-0.2, -0.15) is 0 Å². The largest absolute Gasteiger partial charge is 0.368 e. The van der Waals surface area contributed by atoms with E-state index in [4.69, 9.17) is 11.5 Å². The van der Waals surface area contributed by atoms with E-state index in [2.05, 4.69) is 0 Å². The van der Waals surface area contributed by atoms with E-state index in [0.717, 1.165) is 6.42 Å². The van der Waals surface area contributed by atoms with Gasteiger partial charge in [0.25, 0.3) is 0 Å². The zero-order valence-corrected chi connectivity index (χ0v) is 5.05. The predicted molar refractivity (Wildman–Crippen MR) is 32.1 cm³/mol. The maximum Gasteiger partial charge on any atom is 0.234 e. The van der Waals surface area contributed by atoms with Gasteiger partial charge in [0.1, 0.15) is 0 Å². The predicted octanol–water partition coefficient (Wildman–Crippen LogP) is -0.401. The van der Waals surface area contributed by atoms with E-state index in [1.54, 1.807) is 0 Å². The van der Waals surface area contributed by atoms with Crippen molar-refractivity contribution in [1.29, 1.82) is 0 Å². The minimum atomic E-state index is -0.444. The minimum Gasteiger partial charge on any atom is -0.368 e. The lowest BCUT2D eigenvalue weighted by atomic mass is 10.2. The van der Waals surface area contributed by atoms with E-state index < -0.39 is 11.9 Å². The monoisotopic (exact) mass is 116 g/mol. The summed E-state index contributed by atoms with van der Waals surface area (Å²) < 4.78 is 0. The van der Waals surface area contributed by atoms with Crippen molar-refractivity contribution >= 4 is 5.91 Å². The third-order valence-corrected chi connectivity index (χ3v) is 0.965. The molecule has 0 spiro atoms. The molecule has 0 aromatic carbocycles. The van der Waals surface area contributed by atoms with Crippen molar-refractivity contribution in [2.24, 2.45) is 11.5 Å². The van der Waals surface area contributed by atoms with E-state index in [0.29, 0.717) is 6.42 Å². The molecule has 0 saturated heterocycles. The number of primary amides is 1. The van der Waals surface area contributed by atoms with Crippen LogP contribution in [0.3, 0.4) is 0 Å². The lowest BCUT2D eigenvalue weighted by Crippen LogP contribution is -2.35. The third kappa shape index (κ3) is 2.58. The Balaban J connectivity index is 3.32. The highest BCUT2D eigenvalue weighted by Gasteiger charge is 2.05. The van der Waals surface area contributed by atoms with Gasteiger partial charge in [-0.1, -0.05) is 13.3 Å². The smallest absolute Gasteiger partial charge is 0.234 e. The van der Waals surface area contributed by atoms with Gasteiger partial charge in [-0.05, 0) is 6.42 Å². The van der Waals surface area contributed by atoms with Crippen molar-refractivity contribution < 1.29 is 4.79 Å². The van der Waals surface area contributed by atoms with Gasteiger partial charge in [0.15, 0.2) is 0 Å². The quantitative estimate of drug-likeness (QED) is 0.526. The first-order chi connectivity index (χ1) is 3.68. The summed E-state index contributed by atoms with van der Waals surface area (Å²) in [5.74, 6) is -0.410. The lowest BCUT2D eigenvalue weighted by Gasteiger charge is -2.01. The van der Waals surface area contributed by atoms with Crippen LogP contribution in [0.25, 0.3) is 0 Å². The second-order valence-electron chi connectivity index (χ2n) is 1.80. The summed E-state index contributed by atoms with van der Waals surface area (Å²) in [6, 6.07) is -0.444. The molecular formula is C5H12N2O. The van der Waals surface area contributed by atoms with Crippen LogP contribution in [0.5, 0.6) is 0 Å². The van der Waals surface area contributed by atoms with E-state index in [1.807, 2.05) is 6.92 Å². The van der Waals surface area contributed by atoms with Gasteiger partial charge in [-0.15, -0.1) is 0 Å². The Hall–Kier alpha value is -0.570. The summed E-state index contributed by atoms with van der Waals surface area (Å²) >= 11 is 0. The molecule has 0 aliphatic rings. The van der Waals surface area contributed by atoms with Gasteiger partial charge in [-0.25, -0.2) is 0 Å². The minimum absolute atomic E-state index is 0.410. The molecule has 0 bridgehead atoms. The first kappa shape index (κ1) is 7.43. The molecule has 0 aromatic heterocycles. The SMILES string of the molecule is CCC[C@@H](N)C(N)=O. The standard InChI is InChI=1S/C5H12N2O/c1-2-3-4(6)5(7)8/h4H,2-3,6H2,1H3,(H2,7,8)/t4-/m1/s1. The number of amides is 1. The van der Waals surface area contributed by atoms with E-state index in [-0.39, 0.29) is 0 Å². The van der Waals surface area contributed by atoms with E-state index >= 15 is 0 Å². The first-order valence-corrected chi connectivity index (χ1v) is 2.73. The summed E-state index contributed by atoms with van der Waals surface area (Å²) in [6.45, 7) is 1.96. The molecule has 1 atom stereocenters. The van der Waals surface area contributed by atoms with Crippen LogP contribution in [-0.4, -0.2) is 11.9 Å². The average molecular weight is 116 g/mol. The van der Waals surface area contributed by atoms with E-state index in [1.165, 1.54) is 0 Å². The van der Waals surface area contributed by atoms with Gasteiger partial charge in [0.2, 0.25) is 5.91 Å². The van der Waals surface area contributed by atoms with Crippen LogP contribution in [-0.2, 0) is 4.79 Å². The molecule has 0 radical (unpaired) electrons. The summed E-state index contributed by atoms with van der Waals surface area (Å²) in [5, 5.41) is 0. The fourth-order valence-electron chi connectivity index (χ4n) is 0.453. The second-order valence-corrected chi connectivity index (χ2v) is 1.80. The molecule has 0 rings (SSSR count). The molecule has 3 heteroatoms. The fourth-order valence-corrected chi connectivity index (χ4v) is 0.453. The second kappa shape index (κ2) is 3.43. The number of nitrogens with two attached hydrogens (primary N) is 2. The highest BCUT2D eigenvalue weighted by atomic mass is 16.1. The van der Waals surface area contributed by atoms with Gasteiger partial charge in [-0.3, -0.25) is 4.79 Å². The highest BCUT2D eigenvalue weighted by Crippen LogP contribution is 1.89. The zero-order chi connectivity index (χ0) is 6.57. The van der Waals surface area contributed by atoms with Crippen molar-refractivity contribution in [3.8, 4) is 0 Å². The maximum absolute atomic E-state index is 10.2. The van der Waals surface area contributed by atoms with Crippen molar-refractivity contribution in [2.45, 2.75) is 25.8 Å². The van der Waals surface area contributed by atoms with Crippen LogP contribution in [0.15, 0.2) is 0 Å². The van der Waals surface area contributed by atoms with E-state index in [9.17, 15) is 4.79 Å². The topological polar surface area (TPSA) is 69.1 Å². The van der Waals surface area contributed by atoms with Crippen LogP contribution >= 0.6 is 0 Å². The molecule has 8 heavy (non-hydrogen) atoms. The van der Waals surface area contributed by atoms with Crippen molar-refractivity contribution in [1.82, 2.24) is 0 Å². The van der Waals surface area contributed by atoms with Crippen LogP contribution in [0.2, 0.25) is 0 Å². The summed E-state index contributed by atoms with van der Waals surface area (Å²) in [7, 11) is 0. The summed E-state index contributed by atoms with van der Waals surface area (Å²) in [4.78, 5) is 10.2. The Labute approximate surface area is 49.0 Å². The van der Waals surface area contributed by atoms with Gasteiger partial charge in [0.05, 0.1) is 6.04 Å². The molecule has 0 aliphatic heterocycles. The summed E-state index contributed by atoms with van der Waals surface area (Å²) in [6.07, 6.45) is 1.60. The molecular weight excluding hydrogens is 104 g/mol. The average Bonchev–Trinajstić information content (AvgIpc) is 1.67. The van der Waals surface area contributed by atoms with Gasteiger partial charge >= 0.3 is 0 Å². The number of hydrogen-bond donors (Lipinski definition) is 2. The number of hydrogen-bond acceptors (Lipinski definition) is 2. The molecule has 0 saturated carbocycles. The molecule has 0 aliphatic carbocycles. The molecule has 0 aromatic rings. The fraction of sp³-hybridized carbons (Fsp3) is 0.800. The van der Waals surface area contributed by atoms with Crippen LogP contribution in [0, 0.1) is 0 Å². The third-order valence-electron chi connectivity index (χ3n) is 0.965. The van der Waals surface area contributed by atoms with Crippen molar-refractivity contribution in [3.05, 3.63) is 0 Å². The van der Waals surface area contributed by atoms with Gasteiger partial charge in [0, 0.05) is 0 Å². The number of carbonyl (C=O) groups excluding carboxylic acids is 1. The molecule has 0 heterocycles. The lowest BCUT2D eigenvalue weighted by molar-refractivity contribution is -0.119. The van der Waals surface area contributed by atoms with Crippen molar-refractivity contribution in [2.75, 3.05) is 0 Å². The molecule has 3 nitrogen and oxygen atoms in total. The normalized spacial score (nSPS) is 13.2. The van der Waals surface area contributed by atoms with Gasteiger partial charge < -0.3 is 11.5 Å².